The van der Waals surface area contributed by atoms with E-state index in [1.165, 1.54) is 28.4 Å². The SMILES string of the molecule is CC(C)CNCc1sc(C2CC2)nc1C(C)(C)C. The van der Waals surface area contributed by atoms with Gasteiger partial charge in [0.05, 0.1) is 10.7 Å². The first-order valence-electron chi connectivity index (χ1n) is 7.08. The minimum absolute atomic E-state index is 0.165. The van der Waals surface area contributed by atoms with Gasteiger partial charge in [-0.25, -0.2) is 4.98 Å². The van der Waals surface area contributed by atoms with Crippen LogP contribution >= 0.6 is 11.3 Å². The molecule has 1 aliphatic carbocycles. The predicted molar refractivity (Wildman–Crippen MR) is 79.3 cm³/mol. The molecule has 0 radical (unpaired) electrons. The maximum atomic E-state index is 4.92. The Kier molecular flexibility index (Phi) is 4.12. The van der Waals surface area contributed by atoms with Gasteiger partial charge in [-0.05, 0) is 25.3 Å². The molecule has 0 spiro atoms. The predicted octanol–water partition coefficient (Wildman–Crippen LogP) is 4.06. The van der Waals surface area contributed by atoms with E-state index in [1.54, 1.807) is 0 Å². The van der Waals surface area contributed by atoms with Crippen LogP contribution in [0.2, 0.25) is 0 Å². The number of rotatable bonds is 5. The molecule has 0 atom stereocenters. The summed E-state index contributed by atoms with van der Waals surface area (Å²) in [6, 6.07) is 0. The van der Waals surface area contributed by atoms with Crippen LogP contribution in [0.15, 0.2) is 0 Å². The van der Waals surface area contributed by atoms with Crippen LogP contribution in [-0.4, -0.2) is 11.5 Å². The van der Waals surface area contributed by atoms with Gasteiger partial charge in [0.15, 0.2) is 0 Å². The van der Waals surface area contributed by atoms with E-state index in [0.29, 0.717) is 5.92 Å². The Bertz CT molecular complexity index is 397. The van der Waals surface area contributed by atoms with Crippen LogP contribution in [0.25, 0.3) is 0 Å². The van der Waals surface area contributed by atoms with Crippen molar-refractivity contribution in [1.29, 1.82) is 0 Å². The van der Waals surface area contributed by atoms with Crippen LogP contribution in [0.4, 0.5) is 0 Å². The van der Waals surface area contributed by atoms with Crippen molar-refractivity contribution in [2.75, 3.05) is 6.54 Å². The molecule has 0 amide bonds. The topological polar surface area (TPSA) is 24.9 Å². The van der Waals surface area contributed by atoms with Crippen molar-refractivity contribution < 1.29 is 0 Å². The summed E-state index contributed by atoms with van der Waals surface area (Å²) in [6.07, 6.45) is 2.69. The van der Waals surface area contributed by atoms with Crippen molar-refractivity contribution in [2.45, 2.75) is 65.3 Å². The van der Waals surface area contributed by atoms with E-state index in [0.717, 1.165) is 19.0 Å². The Morgan fingerprint density at radius 3 is 2.50 bits per heavy atom. The molecule has 0 bridgehead atoms. The maximum Gasteiger partial charge on any atom is 0.0962 e. The molecule has 1 aromatic rings. The molecular weight excluding hydrogens is 240 g/mol. The van der Waals surface area contributed by atoms with E-state index in [9.17, 15) is 0 Å². The second-order valence-corrected chi connectivity index (χ2v) is 7.99. The molecule has 0 unspecified atom stereocenters. The molecule has 102 valence electrons. The zero-order valence-electron chi connectivity index (χ0n) is 12.3. The number of hydrogen-bond acceptors (Lipinski definition) is 3. The van der Waals surface area contributed by atoms with Crippen molar-refractivity contribution in [1.82, 2.24) is 10.3 Å². The maximum absolute atomic E-state index is 4.92. The average molecular weight is 266 g/mol. The van der Waals surface area contributed by atoms with Crippen molar-refractivity contribution in [3.8, 4) is 0 Å². The number of aromatic nitrogens is 1. The monoisotopic (exact) mass is 266 g/mol. The van der Waals surface area contributed by atoms with Crippen molar-refractivity contribution >= 4 is 11.3 Å². The van der Waals surface area contributed by atoms with Gasteiger partial charge in [0.25, 0.3) is 0 Å². The zero-order valence-corrected chi connectivity index (χ0v) is 13.2. The fourth-order valence-corrected chi connectivity index (χ4v) is 3.47. The normalized spacial score (nSPS) is 16.6. The minimum Gasteiger partial charge on any atom is -0.312 e. The third kappa shape index (κ3) is 3.55. The Morgan fingerprint density at radius 1 is 1.33 bits per heavy atom. The molecule has 1 N–H and O–H groups in total. The van der Waals surface area contributed by atoms with E-state index in [4.69, 9.17) is 4.98 Å². The van der Waals surface area contributed by atoms with Crippen molar-refractivity contribution in [3.05, 3.63) is 15.6 Å². The van der Waals surface area contributed by atoms with Crippen molar-refractivity contribution in [2.24, 2.45) is 5.92 Å². The smallest absolute Gasteiger partial charge is 0.0962 e. The highest BCUT2D eigenvalue weighted by Crippen LogP contribution is 2.44. The molecule has 3 heteroatoms. The third-order valence-corrected chi connectivity index (χ3v) is 4.41. The second-order valence-electron chi connectivity index (χ2n) is 6.87. The van der Waals surface area contributed by atoms with Crippen LogP contribution in [0.5, 0.6) is 0 Å². The summed E-state index contributed by atoms with van der Waals surface area (Å²) in [5, 5.41) is 4.93. The Morgan fingerprint density at radius 2 is 2.00 bits per heavy atom. The van der Waals surface area contributed by atoms with Gasteiger partial charge >= 0.3 is 0 Å². The van der Waals surface area contributed by atoms with E-state index < -0.39 is 0 Å². The highest BCUT2D eigenvalue weighted by atomic mass is 32.1. The summed E-state index contributed by atoms with van der Waals surface area (Å²) < 4.78 is 0. The van der Waals surface area contributed by atoms with E-state index in [2.05, 4.69) is 39.9 Å². The lowest BCUT2D eigenvalue weighted by molar-refractivity contribution is 0.534. The van der Waals surface area contributed by atoms with Gasteiger partial charge in [0.1, 0.15) is 0 Å². The summed E-state index contributed by atoms with van der Waals surface area (Å²) >= 11 is 1.94. The van der Waals surface area contributed by atoms with E-state index in [-0.39, 0.29) is 5.41 Å². The Labute approximate surface area is 115 Å². The average Bonchev–Trinajstić information content (AvgIpc) is 2.98. The van der Waals surface area contributed by atoms with Crippen LogP contribution < -0.4 is 5.32 Å². The third-order valence-electron chi connectivity index (χ3n) is 3.19. The number of nitrogens with one attached hydrogen (secondary N) is 1. The molecule has 0 saturated heterocycles. The fraction of sp³-hybridized carbons (Fsp3) is 0.800. The van der Waals surface area contributed by atoms with Crippen LogP contribution in [0.1, 0.15) is 69.0 Å². The molecule has 1 aromatic heterocycles. The summed E-state index contributed by atoms with van der Waals surface area (Å²) in [5.41, 5.74) is 1.48. The van der Waals surface area contributed by atoms with Gasteiger partial charge in [-0.1, -0.05) is 34.6 Å². The first kappa shape index (κ1) is 14.0. The highest BCUT2D eigenvalue weighted by Gasteiger charge is 2.31. The molecular formula is C15H26N2S. The molecule has 1 fully saturated rings. The molecule has 1 heterocycles. The Balaban J connectivity index is 2.10. The molecule has 0 aromatic carbocycles. The van der Waals surface area contributed by atoms with Crippen LogP contribution in [-0.2, 0) is 12.0 Å². The van der Waals surface area contributed by atoms with Gasteiger partial charge < -0.3 is 5.32 Å². The number of hydrogen-bond donors (Lipinski definition) is 1. The van der Waals surface area contributed by atoms with Gasteiger partial charge in [0, 0.05) is 22.8 Å². The highest BCUT2D eigenvalue weighted by molar-refractivity contribution is 7.11. The van der Waals surface area contributed by atoms with Crippen molar-refractivity contribution in [3.63, 3.8) is 0 Å². The number of thiazole rings is 1. The molecule has 1 aliphatic rings. The molecule has 2 nitrogen and oxygen atoms in total. The summed E-state index contributed by atoms with van der Waals surface area (Å²) in [6.45, 7) is 13.4. The summed E-state index contributed by atoms with van der Waals surface area (Å²) in [4.78, 5) is 6.37. The lowest BCUT2D eigenvalue weighted by Crippen LogP contribution is -2.21. The van der Waals surface area contributed by atoms with Crippen LogP contribution in [0, 0.1) is 5.92 Å². The van der Waals surface area contributed by atoms with Gasteiger partial charge in [-0.2, -0.15) is 0 Å². The molecule has 1 saturated carbocycles. The summed E-state index contributed by atoms with van der Waals surface area (Å²) in [5.74, 6) is 1.48. The second kappa shape index (κ2) is 5.30. The zero-order chi connectivity index (χ0) is 13.3. The largest absolute Gasteiger partial charge is 0.312 e. The lowest BCUT2D eigenvalue weighted by atomic mass is 9.91. The quantitative estimate of drug-likeness (QED) is 0.869. The molecule has 18 heavy (non-hydrogen) atoms. The first-order valence-corrected chi connectivity index (χ1v) is 7.90. The molecule has 2 rings (SSSR count). The first-order chi connectivity index (χ1) is 8.38. The van der Waals surface area contributed by atoms with Gasteiger partial charge in [-0.15, -0.1) is 11.3 Å². The number of nitrogens with zero attached hydrogens (tertiary/aromatic N) is 1. The molecule has 0 aliphatic heterocycles. The Hall–Kier alpha value is -0.410. The summed E-state index contributed by atoms with van der Waals surface area (Å²) in [7, 11) is 0. The standard InChI is InChI=1S/C15H26N2S/c1-10(2)8-16-9-12-13(15(3,4)5)17-14(18-12)11-6-7-11/h10-11,16H,6-9H2,1-5H3. The van der Waals surface area contributed by atoms with E-state index >= 15 is 0 Å². The van der Waals surface area contributed by atoms with E-state index in [1.807, 2.05) is 11.3 Å². The minimum atomic E-state index is 0.165. The fourth-order valence-electron chi connectivity index (χ4n) is 2.05. The van der Waals surface area contributed by atoms with Crippen LogP contribution in [0.3, 0.4) is 0 Å². The van der Waals surface area contributed by atoms with Gasteiger partial charge in [-0.3, -0.25) is 0 Å². The van der Waals surface area contributed by atoms with Gasteiger partial charge in [0.2, 0.25) is 0 Å². The lowest BCUT2D eigenvalue weighted by Gasteiger charge is -2.18.